The Kier molecular flexibility index (Phi) is 4.47. The second kappa shape index (κ2) is 7.18. The topological polar surface area (TPSA) is 90.9 Å². The molecule has 152 valence electrons. The number of carbonyl (C=O) groups is 1. The Labute approximate surface area is 176 Å². The lowest BCUT2D eigenvalue weighted by Gasteiger charge is -2.22. The van der Waals surface area contributed by atoms with E-state index in [1.807, 2.05) is 6.92 Å². The van der Waals surface area contributed by atoms with Gasteiger partial charge in [0.05, 0.1) is 18.1 Å². The summed E-state index contributed by atoms with van der Waals surface area (Å²) in [7, 11) is 0. The van der Waals surface area contributed by atoms with Crippen LogP contribution in [0.4, 0.5) is 9.52 Å². The van der Waals surface area contributed by atoms with Crippen LogP contribution in [0.1, 0.15) is 20.9 Å². The van der Waals surface area contributed by atoms with E-state index in [0.717, 1.165) is 23.9 Å². The number of fused-ring (bicyclic) bond motifs is 1. The molecule has 30 heavy (non-hydrogen) atoms. The zero-order valence-corrected chi connectivity index (χ0v) is 17.0. The average Bonchev–Trinajstić information content (AvgIpc) is 3.50. The minimum absolute atomic E-state index is 0.000241. The maximum Gasteiger partial charge on any atom is 0.259 e. The van der Waals surface area contributed by atoms with E-state index in [0.29, 0.717) is 35.5 Å². The minimum Gasteiger partial charge on any atom is -0.347 e. The number of nitrogens with zero attached hydrogens (tertiary/aromatic N) is 7. The fraction of sp³-hybridized carbons (Fsp3) is 0.350. The Morgan fingerprint density at radius 2 is 1.90 bits per heavy atom. The van der Waals surface area contributed by atoms with Crippen molar-refractivity contribution in [3.05, 3.63) is 52.5 Å². The van der Waals surface area contributed by atoms with Crippen molar-refractivity contribution in [2.24, 2.45) is 11.8 Å². The van der Waals surface area contributed by atoms with Crippen molar-refractivity contribution >= 4 is 22.4 Å². The van der Waals surface area contributed by atoms with Crippen LogP contribution in [0.15, 0.2) is 30.6 Å². The number of likely N-dealkylation sites (tertiary alicyclic amines) is 1. The van der Waals surface area contributed by atoms with Crippen LogP contribution in [-0.4, -0.2) is 57.0 Å². The van der Waals surface area contributed by atoms with Crippen molar-refractivity contribution in [3.63, 3.8) is 0 Å². The number of aromatic nitrogens is 4. The molecule has 0 spiro atoms. The van der Waals surface area contributed by atoms with Crippen LogP contribution in [0.2, 0.25) is 0 Å². The zero-order chi connectivity index (χ0) is 20.8. The summed E-state index contributed by atoms with van der Waals surface area (Å²) in [6.45, 7) is 4.52. The third-order valence-electron chi connectivity index (χ3n) is 5.77. The number of benzene rings is 1. The van der Waals surface area contributed by atoms with Gasteiger partial charge in [0.1, 0.15) is 28.0 Å². The van der Waals surface area contributed by atoms with Gasteiger partial charge in [0.15, 0.2) is 5.13 Å². The fourth-order valence-corrected chi connectivity index (χ4v) is 5.21. The Balaban J connectivity index is 1.34. The lowest BCUT2D eigenvalue weighted by Crippen LogP contribution is -2.34. The van der Waals surface area contributed by atoms with Crippen LogP contribution in [-0.2, 0) is 0 Å². The molecule has 0 bridgehead atoms. The highest BCUT2D eigenvalue weighted by Crippen LogP contribution is 2.37. The van der Waals surface area contributed by atoms with Gasteiger partial charge in [-0.15, -0.1) is 0 Å². The first-order valence-corrected chi connectivity index (χ1v) is 10.4. The van der Waals surface area contributed by atoms with E-state index >= 15 is 0 Å². The van der Waals surface area contributed by atoms with Crippen LogP contribution in [0.3, 0.4) is 0 Å². The standard InChI is InChI=1S/C20H18FN7OS/c1-12-17(7-22)30-20(25-12)27-10-13-8-26(9-14(13)11-27)19(29)18-15(21)3-2-4-16(18)28-23-5-6-24-28/h2-6,13-14H,8-11H2,1H3. The SMILES string of the molecule is Cc1nc(N2CC3CN(C(=O)c4c(F)cccc4-n4nccn4)CC3C2)sc1C#N. The number of amides is 1. The number of anilines is 1. The summed E-state index contributed by atoms with van der Waals surface area (Å²) in [6, 6.07) is 6.66. The Morgan fingerprint density at radius 1 is 1.20 bits per heavy atom. The molecule has 2 saturated heterocycles. The highest BCUT2D eigenvalue weighted by atomic mass is 32.1. The first-order valence-electron chi connectivity index (χ1n) is 9.62. The van der Waals surface area contributed by atoms with Crippen molar-refractivity contribution in [2.75, 3.05) is 31.1 Å². The predicted octanol–water partition coefficient (Wildman–Crippen LogP) is 2.25. The van der Waals surface area contributed by atoms with Crippen molar-refractivity contribution < 1.29 is 9.18 Å². The smallest absolute Gasteiger partial charge is 0.259 e. The summed E-state index contributed by atoms with van der Waals surface area (Å²) in [5, 5.41) is 18.1. The van der Waals surface area contributed by atoms with E-state index in [1.54, 1.807) is 17.0 Å². The molecule has 4 heterocycles. The fourth-order valence-electron chi connectivity index (χ4n) is 4.33. The summed E-state index contributed by atoms with van der Waals surface area (Å²) in [4.78, 5) is 23.6. The number of aryl methyl sites for hydroxylation is 1. The number of halogens is 1. The molecule has 0 radical (unpaired) electrons. The summed E-state index contributed by atoms with van der Waals surface area (Å²) < 4.78 is 14.6. The molecule has 3 aromatic rings. The highest BCUT2D eigenvalue weighted by molar-refractivity contribution is 7.16. The lowest BCUT2D eigenvalue weighted by molar-refractivity contribution is 0.0777. The number of rotatable bonds is 3. The van der Waals surface area contributed by atoms with Crippen molar-refractivity contribution in [2.45, 2.75) is 6.92 Å². The van der Waals surface area contributed by atoms with Gasteiger partial charge in [-0.25, -0.2) is 9.37 Å². The van der Waals surface area contributed by atoms with Crippen LogP contribution in [0.25, 0.3) is 5.69 Å². The largest absolute Gasteiger partial charge is 0.347 e. The van der Waals surface area contributed by atoms with Crippen molar-refractivity contribution in [3.8, 4) is 11.8 Å². The molecule has 5 rings (SSSR count). The number of nitriles is 1. The predicted molar refractivity (Wildman–Crippen MR) is 108 cm³/mol. The first-order chi connectivity index (χ1) is 14.5. The molecular weight excluding hydrogens is 405 g/mol. The molecule has 2 aliphatic rings. The third-order valence-corrected chi connectivity index (χ3v) is 6.89. The Hall–Kier alpha value is -3.32. The van der Waals surface area contributed by atoms with Gasteiger partial charge in [0, 0.05) is 38.0 Å². The van der Waals surface area contributed by atoms with Gasteiger partial charge >= 0.3 is 0 Å². The summed E-state index contributed by atoms with van der Waals surface area (Å²) >= 11 is 1.41. The molecule has 2 unspecified atom stereocenters. The normalized spacial score (nSPS) is 20.4. The summed E-state index contributed by atoms with van der Waals surface area (Å²) in [5.74, 6) is -0.322. The second-order valence-corrected chi connectivity index (χ2v) is 8.59. The molecule has 10 heteroatoms. The molecule has 0 N–H and O–H groups in total. The third kappa shape index (κ3) is 3.02. The van der Waals surface area contributed by atoms with Crippen LogP contribution in [0.5, 0.6) is 0 Å². The number of hydrogen-bond donors (Lipinski definition) is 0. The molecule has 2 aliphatic heterocycles. The maximum atomic E-state index is 14.6. The van der Waals surface area contributed by atoms with E-state index in [4.69, 9.17) is 5.26 Å². The lowest BCUT2D eigenvalue weighted by atomic mass is 10.0. The van der Waals surface area contributed by atoms with E-state index in [2.05, 4.69) is 26.2 Å². The monoisotopic (exact) mass is 423 g/mol. The minimum atomic E-state index is -0.573. The zero-order valence-electron chi connectivity index (χ0n) is 16.2. The molecule has 1 aromatic carbocycles. The van der Waals surface area contributed by atoms with Gasteiger partial charge in [0.2, 0.25) is 0 Å². The van der Waals surface area contributed by atoms with Gasteiger partial charge in [-0.3, -0.25) is 4.79 Å². The quantitative estimate of drug-likeness (QED) is 0.642. The molecule has 8 nitrogen and oxygen atoms in total. The number of thiazole rings is 1. The van der Waals surface area contributed by atoms with Crippen molar-refractivity contribution in [1.82, 2.24) is 24.9 Å². The molecular formula is C20H18FN7OS. The van der Waals surface area contributed by atoms with E-state index < -0.39 is 5.82 Å². The molecule has 0 aliphatic carbocycles. The maximum absolute atomic E-state index is 14.6. The van der Waals surface area contributed by atoms with Gasteiger partial charge < -0.3 is 9.80 Å². The summed E-state index contributed by atoms with van der Waals surface area (Å²) in [6.07, 6.45) is 2.98. The van der Waals surface area contributed by atoms with Gasteiger partial charge in [-0.2, -0.15) is 20.3 Å². The molecule has 1 amide bonds. The van der Waals surface area contributed by atoms with E-state index in [1.165, 1.54) is 34.6 Å². The Bertz CT molecular complexity index is 1140. The van der Waals surface area contributed by atoms with Gasteiger partial charge in [-0.1, -0.05) is 17.4 Å². The second-order valence-electron chi connectivity index (χ2n) is 7.61. The molecule has 2 fully saturated rings. The molecule has 2 atom stereocenters. The van der Waals surface area contributed by atoms with Gasteiger partial charge in [-0.05, 0) is 19.1 Å². The van der Waals surface area contributed by atoms with Crippen molar-refractivity contribution in [1.29, 1.82) is 5.26 Å². The van der Waals surface area contributed by atoms with Crippen LogP contribution >= 0.6 is 11.3 Å². The average molecular weight is 423 g/mol. The highest BCUT2D eigenvalue weighted by Gasteiger charge is 2.43. The number of hydrogen-bond acceptors (Lipinski definition) is 7. The summed E-state index contributed by atoms with van der Waals surface area (Å²) in [5.41, 5.74) is 1.09. The first kappa shape index (κ1) is 18.7. The van der Waals surface area contributed by atoms with Crippen LogP contribution < -0.4 is 4.90 Å². The van der Waals surface area contributed by atoms with E-state index in [-0.39, 0.29) is 11.5 Å². The molecule has 0 saturated carbocycles. The van der Waals surface area contributed by atoms with Crippen LogP contribution in [0, 0.1) is 35.9 Å². The molecule has 2 aromatic heterocycles. The Morgan fingerprint density at radius 3 is 2.53 bits per heavy atom. The van der Waals surface area contributed by atoms with Gasteiger partial charge in [0.25, 0.3) is 5.91 Å². The van der Waals surface area contributed by atoms with E-state index in [9.17, 15) is 9.18 Å². The number of carbonyl (C=O) groups excluding carboxylic acids is 1.